The van der Waals surface area contributed by atoms with E-state index in [4.69, 9.17) is 0 Å². The van der Waals surface area contributed by atoms with E-state index in [1.54, 1.807) is 12.4 Å². The number of rotatable bonds is 3. The van der Waals surface area contributed by atoms with Crippen molar-refractivity contribution in [1.82, 2.24) is 15.3 Å². The zero-order chi connectivity index (χ0) is 13.8. The molecule has 2 aromatic rings. The number of hydrogen-bond acceptors (Lipinski definition) is 3. The number of hydrogen-bond donors (Lipinski definition) is 3. The summed E-state index contributed by atoms with van der Waals surface area (Å²) in [6, 6.07) is 7.74. The maximum absolute atomic E-state index is 12.1. The first-order chi connectivity index (χ1) is 9.83. The van der Waals surface area contributed by atoms with Gasteiger partial charge in [0.1, 0.15) is 5.82 Å². The number of halogens is 2. The molecule has 3 rings (SSSR count). The third-order valence-corrected chi connectivity index (χ3v) is 3.63. The number of anilines is 1. The smallest absolute Gasteiger partial charge is 0.227 e. The van der Waals surface area contributed by atoms with Crippen LogP contribution in [0.3, 0.4) is 0 Å². The first-order valence-electron chi connectivity index (χ1n) is 6.94. The van der Waals surface area contributed by atoms with E-state index in [-0.39, 0.29) is 36.6 Å². The predicted molar refractivity (Wildman–Crippen MR) is 92.7 cm³/mol. The summed E-state index contributed by atoms with van der Waals surface area (Å²) in [5.74, 6) is 1.08. The van der Waals surface area contributed by atoms with Crippen molar-refractivity contribution < 1.29 is 4.79 Å². The third kappa shape index (κ3) is 4.47. The second kappa shape index (κ2) is 8.78. The molecule has 0 unspecified atom stereocenters. The molecule has 0 aliphatic carbocycles. The Balaban J connectivity index is 0.00000121. The van der Waals surface area contributed by atoms with Crippen LogP contribution >= 0.6 is 24.8 Å². The summed E-state index contributed by atoms with van der Waals surface area (Å²) in [5.41, 5.74) is 1.85. The highest BCUT2D eigenvalue weighted by molar-refractivity contribution is 5.92. The fourth-order valence-corrected chi connectivity index (χ4v) is 2.46. The van der Waals surface area contributed by atoms with Crippen LogP contribution in [0.15, 0.2) is 36.7 Å². The molecule has 0 saturated carbocycles. The van der Waals surface area contributed by atoms with Crippen molar-refractivity contribution in [3.63, 3.8) is 0 Å². The number of imidazole rings is 1. The normalized spacial score (nSPS) is 14.5. The molecule has 0 atom stereocenters. The summed E-state index contributed by atoms with van der Waals surface area (Å²) in [6.07, 6.45) is 5.34. The molecule has 3 N–H and O–H groups in total. The van der Waals surface area contributed by atoms with E-state index < -0.39 is 0 Å². The number of nitrogens with one attached hydrogen (secondary N) is 3. The molecule has 0 spiro atoms. The standard InChI is InChI=1S/C15H18N4O.2ClH/c20-15(12-5-7-16-8-6-12)19-13-3-1-11(2-4-13)14-17-9-10-18-14;;/h1-4,9-10,12,16H,5-8H2,(H,17,18)(H,19,20);2*1H. The number of H-pyrrole nitrogens is 1. The Morgan fingerprint density at radius 1 is 1.14 bits per heavy atom. The summed E-state index contributed by atoms with van der Waals surface area (Å²) in [7, 11) is 0. The van der Waals surface area contributed by atoms with Crippen LogP contribution in [0.4, 0.5) is 5.69 Å². The van der Waals surface area contributed by atoms with Gasteiger partial charge >= 0.3 is 0 Å². The van der Waals surface area contributed by atoms with Crippen molar-refractivity contribution in [3.05, 3.63) is 36.7 Å². The van der Waals surface area contributed by atoms with Gasteiger partial charge in [-0.25, -0.2) is 4.98 Å². The summed E-state index contributed by atoms with van der Waals surface area (Å²) in [6.45, 7) is 1.85. The quantitative estimate of drug-likeness (QED) is 0.803. The molecule has 1 aliphatic rings. The zero-order valence-electron chi connectivity index (χ0n) is 12.0. The van der Waals surface area contributed by atoms with Crippen LogP contribution in [-0.2, 0) is 4.79 Å². The number of carbonyl (C=O) groups excluding carboxylic acids is 1. The number of amides is 1. The fraction of sp³-hybridized carbons (Fsp3) is 0.333. The van der Waals surface area contributed by atoms with E-state index in [1.165, 1.54) is 0 Å². The first-order valence-corrected chi connectivity index (χ1v) is 6.94. The SMILES string of the molecule is Cl.Cl.O=C(Nc1ccc(-c2ncc[nH]2)cc1)C1CCNCC1. The van der Waals surface area contributed by atoms with Crippen LogP contribution in [0.25, 0.3) is 11.4 Å². The summed E-state index contributed by atoms with van der Waals surface area (Å²) in [5, 5.41) is 6.25. The lowest BCUT2D eigenvalue weighted by Gasteiger charge is -2.21. The van der Waals surface area contributed by atoms with Crippen molar-refractivity contribution in [1.29, 1.82) is 0 Å². The van der Waals surface area contributed by atoms with Gasteiger partial charge in [0.2, 0.25) is 5.91 Å². The summed E-state index contributed by atoms with van der Waals surface area (Å²) < 4.78 is 0. The Kier molecular flexibility index (Phi) is 7.38. The Labute approximate surface area is 142 Å². The van der Waals surface area contributed by atoms with Crippen molar-refractivity contribution in [2.45, 2.75) is 12.8 Å². The van der Waals surface area contributed by atoms with Crippen molar-refractivity contribution in [3.8, 4) is 11.4 Å². The second-order valence-electron chi connectivity index (χ2n) is 5.03. The van der Waals surface area contributed by atoms with Gasteiger partial charge in [-0.1, -0.05) is 0 Å². The maximum atomic E-state index is 12.1. The summed E-state index contributed by atoms with van der Waals surface area (Å²) >= 11 is 0. The Morgan fingerprint density at radius 3 is 2.41 bits per heavy atom. The second-order valence-corrected chi connectivity index (χ2v) is 5.03. The van der Waals surface area contributed by atoms with Crippen LogP contribution in [-0.4, -0.2) is 29.0 Å². The molecule has 1 aromatic carbocycles. The van der Waals surface area contributed by atoms with Gasteiger partial charge in [0.15, 0.2) is 0 Å². The molecule has 7 heteroatoms. The number of piperidine rings is 1. The zero-order valence-corrected chi connectivity index (χ0v) is 13.7. The molecule has 1 aliphatic heterocycles. The van der Waals surface area contributed by atoms with E-state index in [1.807, 2.05) is 24.3 Å². The molecule has 0 bridgehead atoms. The largest absolute Gasteiger partial charge is 0.345 e. The highest BCUT2D eigenvalue weighted by Gasteiger charge is 2.20. The minimum absolute atomic E-state index is 0. The molecule has 22 heavy (non-hydrogen) atoms. The molecule has 1 fully saturated rings. The van der Waals surface area contributed by atoms with Gasteiger partial charge in [0.25, 0.3) is 0 Å². The molecule has 0 radical (unpaired) electrons. The molecule has 5 nitrogen and oxygen atoms in total. The molecule has 1 aromatic heterocycles. The molecular weight excluding hydrogens is 323 g/mol. The Hall–Kier alpha value is -1.56. The average Bonchev–Trinajstić information content (AvgIpc) is 3.03. The Morgan fingerprint density at radius 2 is 1.82 bits per heavy atom. The topological polar surface area (TPSA) is 69.8 Å². The lowest BCUT2D eigenvalue weighted by atomic mass is 9.97. The van der Waals surface area contributed by atoms with Crippen LogP contribution in [0.2, 0.25) is 0 Å². The van der Waals surface area contributed by atoms with Gasteiger partial charge in [0, 0.05) is 29.6 Å². The van der Waals surface area contributed by atoms with Gasteiger partial charge in [-0.05, 0) is 50.2 Å². The molecule has 120 valence electrons. The Bertz CT molecular complexity index is 566. The predicted octanol–water partition coefficient (Wildman–Crippen LogP) is 2.86. The number of aromatic nitrogens is 2. The molecule has 1 amide bonds. The minimum atomic E-state index is 0. The summed E-state index contributed by atoms with van der Waals surface area (Å²) in [4.78, 5) is 19.4. The van der Waals surface area contributed by atoms with E-state index in [2.05, 4.69) is 20.6 Å². The number of carbonyl (C=O) groups is 1. The molecular formula is C15H20Cl2N4O. The lowest BCUT2D eigenvalue weighted by molar-refractivity contribution is -0.120. The maximum Gasteiger partial charge on any atom is 0.227 e. The monoisotopic (exact) mass is 342 g/mol. The van der Waals surface area contributed by atoms with E-state index in [0.717, 1.165) is 43.0 Å². The molecule has 2 heterocycles. The van der Waals surface area contributed by atoms with Gasteiger partial charge in [0.05, 0.1) is 0 Å². The number of aromatic amines is 1. The van der Waals surface area contributed by atoms with Crippen LogP contribution in [0.5, 0.6) is 0 Å². The highest BCUT2D eigenvalue weighted by atomic mass is 35.5. The van der Waals surface area contributed by atoms with E-state index in [9.17, 15) is 4.79 Å². The van der Waals surface area contributed by atoms with Crippen molar-refractivity contribution >= 4 is 36.4 Å². The van der Waals surface area contributed by atoms with Crippen LogP contribution in [0, 0.1) is 5.92 Å². The van der Waals surface area contributed by atoms with Gasteiger partial charge in [-0.15, -0.1) is 24.8 Å². The van der Waals surface area contributed by atoms with E-state index >= 15 is 0 Å². The number of benzene rings is 1. The third-order valence-electron chi connectivity index (χ3n) is 3.63. The van der Waals surface area contributed by atoms with Crippen LogP contribution < -0.4 is 10.6 Å². The number of nitrogens with zero attached hydrogens (tertiary/aromatic N) is 1. The van der Waals surface area contributed by atoms with E-state index in [0.29, 0.717) is 0 Å². The average molecular weight is 343 g/mol. The highest BCUT2D eigenvalue weighted by Crippen LogP contribution is 2.19. The van der Waals surface area contributed by atoms with Gasteiger partial charge < -0.3 is 15.6 Å². The lowest BCUT2D eigenvalue weighted by Crippen LogP contribution is -2.34. The first kappa shape index (κ1) is 18.5. The molecule has 1 saturated heterocycles. The minimum Gasteiger partial charge on any atom is -0.345 e. The van der Waals surface area contributed by atoms with Crippen LogP contribution in [0.1, 0.15) is 12.8 Å². The van der Waals surface area contributed by atoms with Crippen molar-refractivity contribution in [2.75, 3.05) is 18.4 Å². The van der Waals surface area contributed by atoms with Gasteiger partial charge in [-0.2, -0.15) is 0 Å². The fourth-order valence-electron chi connectivity index (χ4n) is 2.46. The van der Waals surface area contributed by atoms with Gasteiger partial charge in [-0.3, -0.25) is 4.79 Å². The van der Waals surface area contributed by atoms with Crippen molar-refractivity contribution in [2.24, 2.45) is 5.92 Å².